The minimum absolute atomic E-state index is 0.00413. The molecule has 5 heteroatoms. The molecule has 0 radical (unpaired) electrons. The van der Waals surface area contributed by atoms with Gasteiger partial charge in [-0.15, -0.1) is 0 Å². The average Bonchev–Trinajstić information content (AvgIpc) is 2.77. The molecule has 17 heavy (non-hydrogen) atoms. The molecule has 94 valence electrons. The zero-order valence-corrected chi connectivity index (χ0v) is 9.61. The van der Waals surface area contributed by atoms with Crippen LogP contribution in [0.2, 0.25) is 0 Å². The molecule has 0 heterocycles. The van der Waals surface area contributed by atoms with Gasteiger partial charge in [0.05, 0.1) is 6.42 Å². The number of carboxylic acid groups (broad SMARTS) is 1. The predicted molar refractivity (Wildman–Crippen MR) is 59.3 cm³/mol. The first-order valence-corrected chi connectivity index (χ1v) is 5.60. The number of aliphatic carboxylic acids is 1. The number of esters is 1. The highest BCUT2D eigenvalue weighted by molar-refractivity contribution is 5.94. The highest BCUT2D eigenvalue weighted by Gasteiger charge is 2.24. The van der Waals surface area contributed by atoms with Crippen LogP contribution >= 0.6 is 0 Å². The van der Waals surface area contributed by atoms with Crippen LogP contribution in [0.1, 0.15) is 32.1 Å². The summed E-state index contributed by atoms with van der Waals surface area (Å²) in [5.74, 6) is -2.04. The van der Waals surface area contributed by atoms with Crippen molar-refractivity contribution in [3.8, 4) is 0 Å². The minimum atomic E-state index is -1.14. The predicted octanol–water partition coefficient (Wildman–Crippen LogP) is 1.32. The Hall–Kier alpha value is -1.65. The van der Waals surface area contributed by atoms with Gasteiger partial charge < -0.3 is 9.84 Å². The van der Waals surface area contributed by atoms with Crippen LogP contribution in [-0.2, 0) is 19.1 Å². The van der Waals surface area contributed by atoms with Crippen molar-refractivity contribution in [1.82, 2.24) is 0 Å². The van der Waals surface area contributed by atoms with Gasteiger partial charge in [0.1, 0.15) is 0 Å². The van der Waals surface area contributed by atoms with Gasteiger partial charge in [0.2, 0.25) is 0 Å². The van der Waals surface area contributed by atoms with Crippen molar-refractivity contribution < 1.29 is 24.2 Å². The summed E-state index contributed by atoms with van der Waals surface area (Å²) in [6.45, 7) is 3.03. The Bertz CT molecular complexity index is 339. The van der Waals surface area contributed by atoms with E-state index in [9.17, 15) is 14.4 Å². The molecule has 1 saturated carbocycles. The normalized spacial score (nSPS) is 15.5. The molecule has 0 bridgehead atoms. The topological polar surface area (TPSA) is 80.7 Å². The molecular weight excluding hydrogens is 224 g/mol. The fourth-order valence-electron chi connectivity index (χ4n) is 1.86. The van der Waals surface area contributed by atoms with Crippen molar-refractivity contribution >= 4 is 17.7 Å². The summed E-state index contributed by atoms with van der Waals surface area (Å²) in [6, 6.07) is 0. The van der Waals surface area contributed by atoms with Crippen LogP contribution in [0.4, 0.5) is 0 Å². The number of carbonyl (C=O) groups is 3. The molecule has 0 saturated heterocycles. The van der Waals surface area contributed by atoms with Crippen molar-refractivity contribution in [3.05, 3.63) is 12.2 Å². The molecular formula is C12H16O5. The maximum atomic E-state index is 11.6. The van der Waals surface area contributed by atoms with Gasteiger partial charge >= 0.3 is 11.9 Å². The van der Waals surface area contributed by atoms with E-state index in [1.54, 1.807) is 0 Å². The van der Waals surface area contributed by atoms with Crippen molar-refractivity contribution in [3.63, 3.8) is 0 Å². The number of hydrogen-bond donors (Lipinski definition) is 1. The van der Waals surface area contributed by atoms with Crippen LogP contribution in [0.15, 0.2) is 12.2 Å². The van der Waals surface area contributed by atoms with Crippen molar-refractivity contribution in [1.29, 1.82) is 0 Å². The second kappa shape index (κ2) is 6.18. The Morgan fingerprint density at radius 1 is 1.24 bits per heavy atom. The summed E-state index contributed by atoms with van der Waals surface area (Å²) < 4.78 is 4.73. The van der Waals surface area contributed by atoms with Crippen LogP contribution in [-0.4, -0.2) is 29.4 Å². The maximum absolute atomic E-state index is 11.6. The van der Waals surface area contributed by atoms with E-state index in [1.165, 1.54) is 0 Å². The maximum Gasteiger partial charge on any atom is 0.334 e. The largest absolute Gasteiger partial charge is 0.481 e. The van der Waals surface area contributed by atoms with E-state index in [2.05, 4.69) is 6.58 Å². The average molecular weight is 240 g/mol. The van der Waals surface area contributed by atoms with E-state index in [1.807, 2.05) is 0 Å². The van der Waals surface area contributed by atoms with Gasteiger partial charge in [0, 0.05) is 11.5 Å². The third kappa shape index (κ3) is 4.38. The van der Waals surface area contributed by atoms with E-state index in [0.717, 1.165) is 25.7 Å². The second-order valence-corrected chi connectivity index (χ2v) is 4.20. The summed E-state index contributed by atoms with van der Waals surface area (Å²) in [5, 5.41) is 8.45. The van der Waals surface area contributed by atoms with E-state index in [-0.39, 0.29) is 23.9 Å². The van der Waals surface area contributed by atoms with Crippen molar-refractivity contribution in [2.45, 2.75) is 32.1 Å². The molecule has 0 unspecified atom stereocenters. The van der Waals surface area contributed by atoms with Crippen LogP contribution in [0.5, 0.6) is 0 Å². The van der Waals surface area contributed by atoms with Crippen LogP contribution in [0.25, 0.3) is 0 Å². The lowest BCUT2D eigenvalue weighted by molar-refractivity contribution is -0.146. The minimum Gasteiger partial charge on any atom is -0.481 e. The van der Waals surface area contributed by atoms with Crippen LogP contribution < -0.4 is 0 Å². The molecule has 1 aliphatic rings. The monoisotopic (exact) mass is 240 g/mol. The number of hydrogen-bond acceptors (Lipinski definition) is 4. The zero-order valence-electron chi connectivity index (χ0n) is 9.61. The Morgan fingerprint density at radius 2 is 1.82 bits per heavy atom. The third-order valence-electron chi connectivity index (χ3n) is 2.81. The third-order valence-corrected chi connectivity index (χ3v) is 2.81. The van der Waals surface area contributed by atoms with Gasteiger partial charge in [-0.1, -0.05) is 19.4 Å². The molecule has 0 aromatic heterocycles. The fraction of sp³-hybridized carbons (Fsp3) is 0.583. The van der Waals surface area contributed by atoms with E-state index in [0.29, 0.717) is 0 Å². The Kier molecular flexibility index (Phi) is 4.87. The molecule has 0 aromatic rings. The van der Waals surface area contributed by atoms with Gasteiger partial charge in [0.25, 0.3) is 0 Å². The zero-order chi connectivity index (χ0) is 12.8. The first-order valence-electron chi connectivity index (χ1n) is 5.60. The molecule has 0 aliphatic heterocycles. The standard InChI is InChI=1S/C12H16O5/c1-8(6-11(14)15)12(16)17-7-10(13)9-4-2-3-5-9/h9H,1-7H2,(H,14,15). The quantitative estimate of drug-likeness (QED) is 0.559. The van der Waals surface area contributed by atoms with Gasteiger partial charge in [-0.3, -0.25) is 9.59 Å². The van der Waals surface area contributed by atoms with Crippen LogP contribution in [0, 0.1) is 5.92 Å². The van der Waals surface area contributed by atoms with Crippen molar-refractivity contribution in [2.75, 3.05) is 6.61 Å². The number of carboxylic acids is 1. The van der Waals surface area contributed by atoms with Gasteiger partial charge in [-0.2, -0.15) is 0 Å². The molecule has 5 nitrogen and oxygen atoms in total. The molecule has 1 aliphatic carbocycles. The Balaban J connectivity index is 2.29. The summed E-state index contributed by atoms with van der Waals surface area (Å²) in [6.07, 6.45) is 3.32. The molecule has 1 fully saturated rings. The summed E-state index contributed by atoms with van der Waals surface area (Å²) >= 11 is 0. The number of carbonyl (C=O) groups excluding carboxylic acids is 2. The molecule has 0 aromatic carbocycles. The summed E-state index contributed by atoms with van der Waals surface area (Å²) in [7, 11) is 0. The molecule has 1 rings (SSSR count). The van der Waals surface area contributed by atoms with Crippen LogP contribution in [0.3, 0.4) is 0 Å². The Labute approximate surface area is 99.5 Å². The number of ketones is 1. The number of rotatable bonds is 6. The van der Waals surface area contributed by atoms with E-state index in [4.69, 9.17) is 9.84 Å². The van der Waals surface area contributed by atoms with Crippen molar-refractivity contribution in [2.24, 2.45) is 5.92 Å². The second-order valence-electron chi connectivity index (χ2n) is 4.20. The first kappa shape index (κ1) is 13.4. The Morgan fingerprint density at radius 3 is 2.35 bits per heavy atom. The lowest BCUT2D eigenvalue weighted by Crippen LogP contribution is -2.21. The summed E-state index contributed by atoms with van der Waals surface area (Å²) in [4.78, 5) is 33.2. The highest BCUT2D eigenvalue weighted by Crippen LogP contribution is 2.25. The number of ether oxygens (including phenoxy) is 1. The molecule has 1 N–H and O–H groups in total. The molecule has 0 spiro atoms. The highest BCUT2D eigenvalue weighted by atomic mass is 16.5. The SMILES string of the molecule is C=C(CC(=O)O)C(=O)OCC(=O)C1CCCC1. The number of Topliss-reactive ketones (excluding diaryl/α,β-unsaturated/α-hetero) is 1. The smallest absolute Gasteiger partial charge is 0.334 e. The van der Waals surface area contributed by atoms with E-state index < -0.39 is 18.4 Å². The van der Waals surface area contributed by atoms with Gasteiger partial charge in [-0.25, -0.2) is 4.79 Å². The lowest BCUT2D eigenvalue weighted by atomic mass is 10.0. The molecule has 0 atom stereocenters. The first-order chi connectivity index (χ1) is 8.00. The summed E-state index contributed by atoms with van der Waals surface area (Å²) in [5.41, 5.74) is -0.142. The fourth-order valence-corrected chi connectivity index (χ4v) is 1.86. The van der Waals surface area contributed by atoms with Gasteiger partial charge in [-0.05, 0) is 12.8 Å². The molecule has 0 amide bonds. The van der Waals surface area contributed by atoms with E-state index >= 15 is 0 Å². The van der Waals surface area contributed by atoms with Gasteiger partial charge in [0.15, 0.2) is 12.4 Å². The lowest BCUT2D eigenvalue weighted by Gasteiger charge is -2.08.